The molecule has 0 radical (unpaired) electrons. The SMILES string of the molecule is COCCCNC(=O)Nc1ccccc1N1CCOCC1. The van der Waals surface area contributed by atoms with Gasteiger partial charge < -0.3 is 25.0 Å². The van der Waals surface area contributed by atoms with Gasteiger partial charge in [0.2, 0.25) is 0 Å². The number of benzene rings is 1. The van der Waals surface area contributed by atoms with E-state index in [2.05, 4.69) is 15.5 Å². The van der Waals surface area contributed by atoms with E-state index in [4.69, 9.17) is 9.47 Å². The van der Waals surface area contributed by atoms with Crippen molar-refractivity contribution in [3.05, 3.63) is 24.3 Å². The molecule has 2 amide bonds. The molecule has 0 spiro atoms. The Labute approximate surface area is 125 Å². The van der Waals surface area contributed by atoms with Crippen molar-refractivity contribution in [1.82, 2.24) is 5.32 Å². The summed E-state index contributed by atoms with van der Waals surface area (Å²) in [5.74, 6) is 0. The number of carbonyl (C=O) groups is 1. The first kappa shape index (κ1) is 15.6. The number of anilines is 2. The van der Waals surface area contributed by atoms with Gasteiger partial charge in [0, 0.05) is 33.4 Å². The molecule has 6 nitrogen and oxygen atoms in total. The molecule has 2 rings (SSSR count). The van der Waals surface area contributed by atoms with Crippen LogP contribution in [-0.2, 0) is 9.47 Å². The monoisotopic (exact) mass is 293 g/mol. The summed E-state index contributed by atoms with van der Waals surface area (Å²) in [6, 6.07) is 7.65. The molecule has 2 N–H and O–H groups in total. The number of ether oxygens (including phenoxy) is 2. The van der Waals surface area contributed by atoms with E-state index in [1.165, 1.54) is 0 Å². The van der Waals surface area contributed by atoms with Crippen molar-refractivity contribution in [2.24, 2.45) is 0 Å². The molecule has 0 atom stereocenters. The first-order valence-electron chi connectivity index (χ1n) is 7.27. The number of morpholine rings is 1. The molecule has 0 saturated carbocycles. The predicted molar refractivity (Wildman–Crippen MR) is 83.0 cm³/mol. The number of carbonyl (C=O) groups excluding carboxylic acids is 1. The van der Waals surface area contributed by atoms with Gasteiger partial charge in [-0.2, -0.15) is 0 Å². The van der Waals surface area contributed by atoms with E-state index in [1.807, 2.05) is 24.3 Å². The zero-order valence-corrected chi connectivity index (χ0v) is 12.4. The zero-order valence-electron chi connectivity index (χ0n) is 12.4. The Morgan fingerprint density at radius 3 is 2.86 bits per heavy atom. The van der Waals surface area contributed by atoms with Gasteiger partial charge in [0.25, 0.3) is 0 Å². The predicted octanol–water partition coefficient (Wildman–Crippen LogP) is 1.68. The summed E-state index contributed by atoms with van der Waals surface area (Å²) in [6.07, 6.45) is 0.801. The number of hydrogen-bond donors (Lipinski definition) is 2. The van der Waals surface area contributed by atoms with Crippen molar-refractivity contribution in [3.8, 4) is 0 Å². The molecule has 1 fully saturated rings. The van der Waals surface area contributed by atoms with Crippen LogP contribution in [0.15, 0.2) is 24.3 Å². The quantitative estimate of drug-likeness (QED) is 0.783. The molecule has 1 saturated heterocycles. The minimum Gasteiger partial charge on any atom is -0.385 e. The van der Waals surface area contributed by atoms with Crippen molar-refractivity contribution >= 4 is 17.4 Å². The first-order valence-corrected chi connectivity index (χ1v) is 7.27. The second-order valence-electron chi connectivity index (χ2n) is 4.84. The van der Waals surface area contributed by atoms with Gasteiger partial charge in [-0.1, -0.05) is 12.1 Å². The number of nitrogens with zero attached hydrogens (tertiary/aromatic N) is 1. The minimum absolute atomic E-state index is 0.188. The smallest absolute Gasteiger partial charge is 0.319 e. The maximum atomic E-state index is 11.9. The maximum absolute atomic E-state index is 11.9. The summed E-state index contributed by atoms with van der Waals surface area (Å²) in [7, 11) is 1.65. The third-order valence-electron chi connectivity index (χ3n) is 3.31. The van der Waals surface area contributed by atoms with Crippen molar-refractivity contribution in [2.45, 2.75) is 6.42 Å². The molecule has 1 aromatic rings. The van der Waals surface area contributed by atoms with E-state index in [-0.39, 0.29) is 6.03 Å². The molecule has 0 aromatic heterocycles. The summed E-state index contributed by atoms with van der Waals surface area (Å²) in [5, 5.41) is 5.73. The summed E-state index contributed by atoms with van der Waals surface area (Å²) >= 11 is 0. The Bertz CT molecular complexity index is 448. The van der Waals surface area contributed by atoms with Crippen LogP contribution in [0.4, 0.5) is 16.2 Å². The fourth-order valence-electron chi connectivity index (χ4n) is 2.24. The van der Waals surface area contributed by atoms with Crippen LogP contribution in [0.5, 0.6) is 0 Å². The summed E-state index contributed by atoms with van der Waals surface area (Å²) in [5.41, 5.74) is 1.86. The highest BCUT2D eigenvalue weighted by molar-refractivity contribution is 5.93. The number of methoxy groups -OCH3 is 1. The van der Waals surface area contributed by atoms with Crippen molar-refractivity contribution < 1.29 is 14.3 Å². The summed E-state index contributed by atoms with van der Waals surface area (Å²) < 4.78 is 10.3. The number of hydrogen-bond acceptors (Lipinski definition) is 4. The lowest BCUT2D eigenvalue weighted by Crippen LogP contribution is -2.37. The van der Waals surface area contributed by atoms with Crippen LogP contribution >= 0.6 is 0 Å². The molecule has 1 aliphatic heterocycles. The fourth-order valence-corrected chi connectivity index (χ4v) is 2.24. The summed E-state index contributed by atoms with van der Waals surface area (Å²) in [6.45, 7) is 4.36. The van der Waals surface area contributed by atoms with Crippen LogP contribution < -0.4 is 15.5 Å². The Morgan fingerprint density at radius 2 is 2.10 bits per heavy atom. The van der Waals surface area contributed by atoms with E-state index in [0.29, 0.717) is 13.2 Å². The Balaban J connectivity index is 1.91. The average molecular weight is 293 g/mol. The van der Waals surface area contributed by atoms with Crippen LogP contribution in [0.1, 0.15) is 6.42 Å². The maximum Gasteiger partial charge on any atom is 0.319 e. The topological polar surface area (TPSA) is 62.8 Å². The van der Waals surface area contributed by atoms with Crippen molar-refractivity contribution in [1.29, 1.82) is 0 Å². The number of urea groups is 1. The normalized spacial score (nSPS) is 14.8. The van der Waals surface area contributed by atoms with Gasteiger partial charge in [-0.3, -0.25) is 0 Å². The molecule has 1 aromatic carbocycles. The van der Waals surface area contributed by atoms with E-state index in [9.17, 15) is 4.79 Å². The van der Waals surface area contributed by atoms with Gasteiger partial charge in [-0.05, 0) is 18.6 Å². The van der Waals surface area contributed by atoms with Crippen molar-refractivity contribution in [3.63, 3.8) is 0 Å². The van der Waals surface area contributed by atoms with Crippen LogP contribution in [0, 0.1) is 0 Å². The third kappa shape index (κ3) is 4.91. The average Bonchev–Trinajstić information content (AvgIpc) is 2.53. The molecule has 0 aliphatic carbocycles. The molecule has 6 heteroatoms. The van der Waals surface area contributed by atoms with Crippen LogP contribution in [0.2, 0.25) is 0 Å². The lowest BCUT2D eigenvalue weighted by molar-refractivity contribution is 0.123. The zero-order chi connectivity index (χ0) is 14.9. The third-order valence-corrected chi connectivity index (χ3v) is 3.31. The molecule has 0 bridgehead atoms. The highest BCUT2D eigenvalue weighted by Gasteiger charge is 2.15. The lowest BCUT2D eigenvalue weighted by Gasteiger charge is -2.30. The first-order chi connectivity index (χ1) is 10.3. The highest BCUT2D eigenvalue weighted by Crippen LogP contribution is 2.26. The van der Waals surface area contributed by atoms with Gasteiger partial charge in [-0.25, -0.2) is 4.79 Å². The van der Waals surface area contributed by atoms with Gasteiger partial charge >= 0.3 is 6.03 Å². The number of amides is 2. The van der Waals surface area contributed by atoms with E-state index < -0.39 is 0 Å². The van der Waals surface area contributed by atoms with Gasteiger partial charge in [0.1, 0.15) is 0 Å². The second kappa shape index (κ2) is 8.49. The largest absolute Gasteiger partial charge is 0.385 e. The Kier molecular flexibility index (Phi) is 6.30. The molecular weight excluding hydrogens is 270 g/mol. The van der Waals surface area contributed by atoms with Gasteiger partial charge in [-0.15, -0.1) is 0 Å². The van der Waals surface area contributed by atoms with Crippen LogP contribution in [0.3, 0.4) is 0 Å². The van der Waals surface area contributed by atoms with Crippen LogP contribution in [-0.4, -0.2) is 52.6 Å². The molecule has 1 heterocycles. The molecule has 1 aliphatic rings. The molecular formula is C15H23N3O3. The van der Waals surface area contributed by atoms with Gasteiger partial charge in [0.15, 0.2) is 0 Å². The second-order valence-corrected chi connectivity index (χ2v) is 4.84. The lowest BCUT2D eigenvalue weighted by atomic mass is 10.2. The fraction of sp³-hybridized carbons (Fsp3) is 0.533. The number of rotatable bonds is 6. The van der Waals surface area contributed by atoms with Crippen molar-refractivity contribution in [2.75, 3.05) is 56.8 Å². The number of para-hydroxylation sites is 2. The minimum atomic E-state index is -0.188. The van der Waals surface area contributed by atoms with E-state index in [1.54, 1.807) is 7.11 Å². The molecule has 116 valence electrons. The molecule has 21 heavy (non-hydrogen) atoms. The highest BCUT2D eigenvalue weighted by atomic mass is 16.5. The van der Waals surface area contributed by atoms with Gasteiger partial charge in [0.05, 0.1) is 24.6 Å². The number of nitrogens with one attached hydrogen (secondary N) is 2. The van der Waals surface area contributed by atoms with E-state index in [0.717, 1.165) is 44.1 Å². The Hall–Kier alpha value is -1.79. The summed E-state index contributed by atoms with van der Waals surface area (Å²) in [4.78, 5) is 14.1. The Morgan fingerprint density at radius 1 is 1.33 bits per heavy atom. The van der Waals surface area contributed by atoms with E-state index >= 15 is 0 Å². The van der Waals surface area contributed by atoms with Crippen LogP contribution in [0.25, 0.3) is 0 Å². The molecule has 0 unspecified atom stereocenters. The standard InChI is InChI=1S/C15H23N3O3/c1-20-10-4-7-16-15(19)17-13-5-2-3-6-14(13)18-8-11-21-12-9-18/h2-3,5-6H,4,7-12H2,1H3,(H2,16,17,19).